The maximum atomic E-state index is 13.9. The number of carbonyl (C=O) groups excluding carboxylic acids is 1. The van der Waals surface area contributed by atoms with E-state index in [1.54, 1.807) is 41.3 Å². The average molecular weight is 366 g/mol. The first kappa shape index (κ1) is 17.2. The molecule has 7 heteroatoms. The largest absolute Gasteiger partial charge is 0.366 e. The summed E-state index contributed by atoms with van der Waals surface area (Å²) in [6.45, 7) is 2.04. The molecule has 2 heterocycles. The van der Waals surface area contributed by atoms with Crippen LogP contribution >= 0.6 is 0 Å². The number of fused-ring (bicyclic) bond motifs is 1. The van der Waals surface area contributed by atoms with E-state index in [1.165, 1.54) is 17.0 Å². The minimum absolute atomic E-state index is 0.0453. The normalized spacial score (nSPS) is 14.6. The van der Waals surface area contributed by atoms with Crippen LogP contribution in [0, 0.1) is 5.82 Å². The van der Waals surface area contributed by atoms with Gasteiger partial charge in [0.25, 0.3) is 5.56 Å². The summed E-state index contributed by atoms with van der Waals surface area (Å²) in [5, 5.41) is 0.497. The van der Waals surface area contributed by atoms with Gasteiger partial charge >= 0.3 is 0 Å². The van der Waals surface area contributed by atoms with Crippen LogP contribution in [-0.4, -0.2) is 46.5 Å². The molecule has 0 atom stereocenters. The minimum Gasteiger partial charge on any atom is -0.366 e. The van der Waals surface area contributed by atoms with Gasteiger partial charge in [-0.25, -0.2) is 9.37 Å². The van der Waals surface area contributed by atoms with Crippen LogP contribution in [0.4, 0.5) is 10.1 Å². The van der Waals surface area contributed by atoms with E-state index in [2.05, 4.69) is 4.98 Å². The van der Waals surface area contributed by atoms with E-state index in [0.717, 1.165) is 0 Å². The molecule has 6 nitrogen and oxygen atoms in total. The summed E-state index contributed by atoms with van der Waals surface area (Å²) in [6, 6.07) is 13.7. The maximum Gasteiger partial charge on any atom is 0.261 e. The molecule has 0 N–H and O–H groups in total. The molecule has 1 saturated heterocycles. The van der Waals surface area contributed by atoms with Gasteiger partial charge < -0.3 is 9.80 Å². The van der Waals surface area contributed by atoms with Crippen LogP contribution in [0.2, 0.25) is 0 Å². The van der Waals surface area contributed by atoms with Gasteiger partial charge in [-0.3, -0.25) is 14.2 Å². The standard InChI is InChI=1S/C20H19FN4O2/c21-16-6-2-4-8-18(16)23-9-11-24(12-10-23)19(26)13-25-14-22-17-7-3-1-5-15(17)20(25)27/h1-8,14H,9-13H2. The number of benzene rings is 2. The number of amides is 1. The van der Waals surface area contributed by atoms with Crippen molar-refractivity contribution >= 4 is 22.5 Å². The van der Waals surface area contributed by atoms with Crippen LogP contribution in [0.3, 0.4) is 0 Å². The van der Waals surface area contributed by atoms with Crippen LogP contribution in [-0.2, 0) is 11.3 Å². The van der Waals surface area contributed by atoms with Crippen LogP contribution in [0.15, 0.2) is 59.7 Å². The number of nitrogens with zero attached hydrogens (tertiary/aromatic N) is 4. The van der Waals surface area contributed by atoms with Crippen LogP contribution in [0.5, 0.6) is 0 Å². The number of hydrogen-bond acceptors (Lipinski definition) is 4. The Balaban J connectivity index is 1.44. The molecule has 0 spiro atoms. The molecule has 27 heavy (non-hydrogen) atoms. The molecule has 0 unspecified atom stereocenters. The number of para-hydroxylation sites is 2. The number of carbonyl (C=O) groups is 1. The molecule has 0 saturated carbocycles. The first-order valence-corrected chi connectivity index (χ1v) is 8.85. The van der Waals surface area contributed by atoms with Crippen molar-refractivity contribution in [2.45, 2.75) is 6.54 Å². The topological polar surface area (TPSA) is 58.4 Å². The third kappa shape index (κ3) is 3.40. The third-order valence-corrected chi connectivity index (χ3v) is 4.86. The van der Waals surface area contributed by atoms with Gasteiger partial charge in [0.15, 0.2) is 0 Å². The second kappa shape index (κ2) is 7.19. The highest BCUT2D eigenvalue weighted by molar-refractivity contribution is 5.79. The fourth-order valence-electron chi connectivity index (χ4n) is 3.37. The number of rotatable bonds is 3. The fourth-order valence-corrected chi connectivity index (χ4v) is 3.37. The molecule has 4 rings (SSSR count). The van der Waals surface area contributed by atoms with Gasteiger partial charge in [0.1, 0.15) is 12.4 Å². The zero-order chi connectivity index (χ0) is 18.8. The van der Waals surface area contributed by atoms with E-state index in [4.69, 9.17) is 0 Å². The maximum absolute atomic E-state index is 13.9. The highest BCUT2D eigenvalue weighted by Crippen LogP contribution is 2.20. The molecule has 0 radical (unpaired) electrons. The molecular formula is C20H19FN4O2. The van der Waals surface area contributed by atoms with Gasteiger partial charge in [-0.15, -0.1) is 0 Å². The quantitative estimate of drug-likeness (QED) is 0.710. The Labute approximate surface area is 155 Å². The number of hydrogen-bond donors (Lipinski definition) is 0. The number of halogens is 1. The summed E-state index contributed by atoms with van der Waals surface area (Å²) in [6.07, 6.45) is 1.41. The molecule has 1 aliphatic heterocycles. The summed E-state index contributed by atoms with van der Waals surface area (Å²) in [5.41, 5.74) is 0.947. The first-order chi connectivity index (χ1) is 13.1. The lowest BCUT2D eigenvalue weighted by molar-refractivity contribution is -0.132. The minimum atomic E-state index is -0.258. The number of piperazine rings is 1. The lowest BCUT2D eigenvalue weighted by Gasteiger charge is -2.36. The van der Waals surface area contributed by atoms with Gasteiger partial charge in [0.2, 0.25) is 5.91 Å². The Morgan fingerprint density at radius 2 is 1.70 bits per heavy atom. The third-order valence-electron chi connectivity index (χ3n) is 4.86. The van der Waals surface area contributed by atoms with E-state index < -0.39 is 0 Å². The second-order valence-corrected chi connectivity index (χ2v) is 6.51. The average Bonchev–Trinajstić information content (AvgIpc) is 2.71. The van der Waals surface area contributed by atoms with Gasteiger partial charge in [-0.1, -0.05) is 24.3 Å². The van der Waals surface area contributed by atoms with Crippen molar-refractivity contribution in [1.29, 1.82) is 0 Å². The molecule has 1 fully saturated rings. The van der Waals surface area contributed by atoms with E-state index in [-0.39, 0.29) is 23.8 Å². The van der Waals surface area contributed by atoms with Gasteiger partial charge in [0, 0.05) is 26.2 Å². The predicted molar refractivity (Wildman–Crippen MR) is 101 cm³/mol. The van der Waals surface area contributed by atoms with Crippen molar-refractivity contribution in [2.24, 2.45) is 0 Å². The SMILES string of the molecule is O=C(Cn1cnc2ccccc2c1=O)N1CCN(c2ccccc2F)CC1. The second-order valence-electron chi connectivity index (χ2n) is 6.51. The summed E-state index contributed by atoms with van der Waals surface area (Å²) in [7, 11) is 0. The van der Waals surface area contributed by atoms with Crippen LogP contribution < -0.4 is 10.5 Å². The molecule has 1 aliphatic rings. The zero-order valence-electron chi connectivity index (χ0n) is 14.7. The van der Waals surface area contributed by atoms with Crippen molar-refractivity contribution in [3.8, 4) is 0 Å². The predicted octanol–water partition coefficient (Wildman–Crippen LogP) is 1.88. The summed E-state index contributed by atoms with van der Waals surface area (Å²) in [4.78, 5) is 33.0. The van der Waals surface area contributed by atoms with E-state index in [1.807, 2.05) is 11.0 Å². The molecule has 0 aliphatic carbocycles. The summed E-state index contributed by atoms with van der Waals surface area (Å²) in [5.74, 6) is -0.395. The van der Waals surface area contributed by atoms with Gasteiger partial charge in [-0.05, 0) is 24.3 Å². The number of aromatic nitrogens is 2. The Morgan fingerprint density at radius 1 is 1.00 bits per heavy atom. The van der Waals surface area contributed by atoms with Crippen molar-refractivity contribution in [3.63, 3.8) is 0 Å². The summed E-state index contributed by atoms with van der Waals surface area (Å²) < 4.78 is 15.3. The first-order valence-electron chi connectivity index (χ1n) is 8.85. The molecular weight excluding hydrogens is 347 g/mol. The van der Waals surface area contributed by atoms with Gasteiger partial charge in [0.05, 0.1) is 22.9 Å². The number of anilines is 1. The van der Waals surface area contributed by atoms with Crippen molar-refractivity contribution in [3.05, 3.63) is 71.0 Å². The summed E-state index contributed by atoms with van der Waals surface area (Å²) >= 11 is 0. The monoisotopic (exact) mass is 366 g/mol. The molecule has 0 bridgehead atoms. The van der Waals surface area contributed by atoms with Gasteiger partial charge in [-0.2, -0.15) is 0 Å². The lowest BCUT2D eigenvalue weighted by atomic mass is 10.2. The molecule has 3 aromatic rings. The molecule has 1 aromatic heterocycles. The fraction of sp³-hybridized carbons (Fsp3) is 0.250. The van der Waals surface area contributed by atoms with Crippen molar-refractivity contribution in [2.75, 3.05) is 31.1 Å². The highest BCUT2D eigenvalue weighted by atomic mass is 19.1. The Morgan fingerprint density at radius 3 is 2.48 bits per heavy atom. The smallest absolute Gasteiger partial charge is 0.261 e. The van der Waals surface area contributed by atoms with E-state index in [0.29, 0.717) is 42.8 Å². The molecule has 2 aromatic carbocycles. The zero-order valence-corrected chi connectivity index (χ0v) is 14.7. The van der Waals surface area contributed by atoms with Crippen molar-refractivity contribution < 1.29 is 9.18 Å². The highest BCUT2D eigenvalue weighted by Gasteiger charge is 2.23. The Bertz CT molecular complexity index is 1040. The van der Waals surface area contributed by atoms with E-state index in [9.17, 15) is 14.0 Å². The molecule has 1 amide bonds. The lowest BCUT2D eigenvalue weighted by Crippen LogP contribution is -2.50. The molecule has 138 valence electrons. The van der Waals surface area contributed by atoms with Crippen molar-refractivity contribution in [1.82, 2.24) is 14.5 Å². The Kier molecular flexibility index (Phi) is 4.58. The van der Waals surface area contributed by atoms with Crippen LogP contribution in [0.25, 0.3) is 10.9 Å². The van der Waals surface area contributed by atoms with E-state index >= 15 is 0 Å². The Hall–Kier alpha value is -3.22. The van der Waals surface area contributed by atoms with Crippen LogP contribution in [0.1, 0.15) is 0 Å².